The van der Waals surface area contributed by atoms with E-state index in [2.05, 4.69) is 11.4 Å². The highest BCUT2D eigenvalue weighted by Gasteiger charge is 2.35. The molecule has 3 saturated carbocycles. The summed E-state index contributed by atoms with van der Waals surface area (Å²) in [5.41, 5.74) is 3.66. The summed E-state index contributed by atoms with van der Waals surface area (Å²) in [6.07, 6.45) is 11.4. The number of aromatic nitrogens is 3. The lowest BCUT2D eigenvalue weighted by molar-refractivity contribution is -0.124. The molecule has 1 unspecified atom stereocenters. The van der Waals surface area contributed by atoms with Gasteiger partial charge in [0.2, 0.25) is 5.91 Å². The van der Waals surface area contributed by atoms with Crippen molar-refractivity contribution in [3.8, 4) is 17.0 Å². The molecule has 3 heterocycles. The summed E-state index contributed by atoms with van der Waals surface area (Å²) in [7, 11) is 1.67. The van der Waals surface area contributed by atoms with Gasteiger partial charge in [-0.2, -0.15) is 0 Å². The Hall–Kier alpha value is -3.99. The van der Waals surface area contributed by atoms with Gasteiger partial charge in [0.25, 0.3) is 0 Å². The monoisotopic (exact) mass is 645 g/mol. The lowest BCUT2D eigenvalue weighted by Crippen LogP contribution is -2.43. The predicted octanol–water partition coefficient (Wildman–Crippen LogP) is 6.30. The molecule has 0 spiro atoms. The summed E-state index contributed by atoms with van der Waals surface area (Å²) < 4.78 is 16.8. The van der Waals surface area contributed by atoms with Crippen molar-refractivity contribution in [2.45, 2.75) is 102 Å². The van der Waals surface area contributed by atoms with Crippen LogP contribution in [0.3, 0.4) is 0 Å². The Bertz CT molecular complexity index is 1520. The van der Waals surface area contributed by atoms with Gasteiger partial charge in [-0.3, -0.25) is 14.7 Å². The molecule has 11 nitrogen and oxygen atoms in total. The second-order valence-electron chi connectivity index (χ2n) is 13.5. The summed E-state index contributed by atoms with van der Waals surface area (Å²) in [5, 5.41) is 11.8. The first-order valence-electron chi connectivity index (χ1n) is 17.1. The number of alkyl carbamates (subject to hydrolysis) is 1. The number of anilines is 1. The van der Waals surface area contributed by atoms with E-state index in [1.807, 2.05) is 30.0 Å². The van der Waals surface area contributed by atoms with E-state index in [0.29, 0.717) is 55.8 Å². The first-order chi connectivity index (χ1) is 22.8. The number of oxazole rings is 1. The summed E-state index contributed by atoms with van der Waals surface area (Å²) in [6.45, 7) is 4.14. The largest absolute Gasteiger partial charge is 0.495 e. The van der Waals surface area contributed by atoms with Gasteiger partial charge in [0.15, 0.2) is 5.89 Å². The number of carbonyl (C=O) groups is 2. The van der Waals surface area contributed by atoms with Crippen LogP contribution in [0.25, 0.3) is 11.3 Å². The third-order valence-corrected chi connectivity index (χ3v) is 9.95. The number of nitrogens with zero attached hydrogens (tertiary/aromatic N) is 4. The Morgan fingerprint density at radius 2 is 1.77 bits per heavy atom. The number of rotatable bonds is 11. The standard InChI is InChI=1S/C36H47N5O6/c1-22(20-42)38-36(44)47-29-12-10-27(11-13-29)35(43)41(33-18-28(16-17-37-33)31-21-46-34(40-31)26-8-9-26)19-24-4-6-25(7-5-24)30-14-15-32(45-3)23(2)39-30/h14-18,21-22,24-27,29,42H,4-13,19-20H2,1-3H3,(H,38,44)/t22?,24-,25-,27-,29-. The van der Waals surface area contributed by atoms with E-state index >= 15 is 0 Å². The molecule has 11 heteroatoms. The lowest BCUT2D eigenvalue weighted by atomic mass is 9.79. The molecule has 0 radical (unpaired) electrons. The molecular formula is C36H47N5O6. The average Bonchev–Trinajstić information content (AvgIpc) is 3.83. The Morgan fingerprint density at radius 1 is 1.02 bits per heavy atom. The van der Waals surface area contributed by atoms with Crippen LogP contribution in [-0.2, 0) is 9.53 Å². The minimum absolute atomic E-state index is 0.0693. The van der Waals surface area contributed by atoms with Crippen LogP contribution in [0.4, 0.5) is 10.6 Å². The molecule has 47 heavy (non-hydrogen) atoms. The fraction of sp³-hybridized carbons (Fsp3) is 0.583. The number of aliphatic hydroxyl groups is 1. The number of methoxy groups -OCH3 is 1. The van der Waals surface area contributed by atoms with Crippen LogP contribution in [0.15, 0.2) is 41.1 Å². The van der Waals surface area contributed by atoms with Crippen molar-refractivity contribution in [2.24, 2.45) is 11.8 Å². The highest BCUT2D eigenvalue weighted by molar-refractivity contribution is 5.94. The van der Waals surface area contributed by atoms with Crippen LogP contribution in [0.1, 0.15) is 100 Å². The van der Waals surface area contributed by atoms with Crippen LogP contribution in [0.5, 0.6) is 5.75 Å². The molecule has 0 saturated heterocycles. The summed E-state index contributed by atoms with van der Waals surface area (Å²) >= 11 is 0. The molecule has 3 aliphatic rings. The van der Waals surface area contributed by atoms with Gasteiger partial charge < -0.3 is 24.3 Å². The van der Waals surface area contributed by atoms with Gasteiger partial charge in [-0.05, 0) is 108 Å². The quantitative estimate of drug-likeness (QED) is 0.246. The van der Waals surface area contributed by atoms with E-state index < -0.39 is 6.09 Å². The molecule has 0 bridgehead atoms. The van der Waals surface area contributed by atoms with Gasteiger partial charge in [-0.15, -0.1) is 0 Å². The van der Waals surface area contributed by atoms with Crippen LogP contribution in [0, 0.1) is 18.8 Å². The Morgan fingerprint density at radius 3 is 2.45 bits per heavy atom. The van der Waals surface area contributed by atoms with Crippen molar-refractivity contribution < 1.29 is 28.6 Å². The maximum atomic E-state index is 14.3. The summed E-state index contributed by atoms with van der Waals surface area (Å²) in [4.78, 5) is 42.7. The number of aryl methyl sites for hydroxylation is 1. The van der Waals surface area contributed by atoms with E-state index in [1.54, 1.807) is 26.5 Å². The fourth-order valence-corrected chi connectivity index (χ4v) is 6.95. The highest BCUT2D eigenvalue weighted by atomic mass is 16.6. The van der Waals surface area contributed by atoms with Crippen LogP contribution in [-0.4, -0.2) is 64.5 Å². The number of nitrogens with one attached hydrogen (secondary N) is 1. The summed E-state index contributed by atoms with van der Waals surface area (Å²) in [5.74, 6) is 3.25. The number of aliphatic hydroxyl groups excluding tert-OH is 1. The van der Waals surface area contributed by atoms with Crippen molar-refractivity contribution >= 4 is 17.8 Å². The lowest BCUT2D eigenvalue weighted by Gasteiger charge is -2.35. The third-order valence-electron chi connectivity index (χ3n) is 9.95. The van der Waals surface area contributed by atoms with Crippen molar-refractivity contribution in [3.05, 3.63) is 54.0 Å². The van der Waals surface area contributed by atoms with Crippen molar-refractivity contribution in [2.75, 3.05) is 25.2 Å². The average molecular weight is 646 g/mol. The molecule has 3 fully saturated rings. The molecule has 3 aromatic rings. The van der Waals surface area contributed by atoms with Gasteiger partial charge >= 0.3 is 6.09 Å². The smallest absolute Gasteiger partial charge is 0.407 e. The molecule has 0 aliphatic heterocycles. The zero-order valence-electron chi connectivity index (χ0n) is 27.7. The maximum absolute atomic E-state index is 14.3. The Kier molecular flexibility index (Phi) is 10.4. The number of pyridine rings is 2. The van der Waals surface area contributed by atoms with Gasteiger partial charge in [-0.25, -0.2) is 14.8 Å². The maximum Gasteiger partial charge on any atom is 0.407 e. The number of ether oxygens (including phenoxy) is 2. The molecular weight excluding hydrogens is 598 g/mol. The SMILES string of the molecule is COc1ccc([C@H]2CC[C@H](CN(c3cc(-c4coc(C5CC5)n4)ccn3)C(=O)[C@H]3CC[C@H](OC(=O)NC(C)CO)CC3)CC2)nc1C. The number of amides is 2. The van der Waals surface area contributed by atoms with Crippen molar-refractivity contribution in [1.82, 2.24) is 20.3 Å². The molecule has 6 rings (SSSR count). The molecule has 3 aliphatic carbocycles. The number of carbonyl (C=O) groups excluding carboxylic acids is 2. The zero-order chi connectivity index (χ0) is 32.9. The minimum Gasteiger partial charge on any atom is -0.495 e. The first-order valence-corrected chi connectivity index (χ1v) is 17.1. The van der Waals surface area contributed by atoms with Gasteiger partial charge in [0, 0.05) is 41.8 Å². The van der Waals surface area contributed by atoms with Crippen molar-refractivity contribution in [1.29, 1.82) is 0 Å². The Labute approximate surface area is 276 Å². The molecule has 0 aromatic carbocycles. The second kappa shape index (κ2) is 14.8. The number of hydrogen-bond acceptors (Lipinski definition) is 9. The van der Waals surface area contributed by atoms with Crippen molar-refractivity contribution in [3.63, 3.8) is 0 Å². The van der Waals surface area contributed by atoms with E-state index in [0.717, 1.165) is 72.8 Å². The first kappa shape index (κ1) is 32.9. The topological polar surface area (TPSA) is 140 Å². The second-order valence-corrected chi connectivity index (χ2v) is 13.5. The molecule has 2 N–H and O–H groups in total. The number of hydrogen-bond donors (Lipinski definition) is 2. The van der Waals surface area contributed by atoms with E-state index in [1.165, 1.54) is 0 Å². The minimum atomic E-state index is -0.530. The van der Waals surface area contributed by atoms with Gasteiger partial charge in [0.1, 0.15) is 29.6 Å². The predicted molar refractivity (Wildman–Crippen MR) is 176 cm³/mol. The Balaban J connectivity index is 1.15. The van der Waals surface area contributed by atoms with E-state index in [4.69, 9.17) is 28.8 Å². The van der Waals surface area contributed by atoms with E-state index in [9.17, 15) is 14.7 Å². The zero-order valence-corrected chi connectivity index (χ0v) is 27.7. The van der Waals surface area contributed by atoms with Crippen LogP contribution in [0.2, 0.25) is 0 Å². The molecule has 1 atom stereocenters. The highest BCUT2D eigenvalue weighted by Crippen LogP contribution is 2.41. The summed E-state index contributed by atoms with van der Waals surface area (Å²) in [6, 6.07) is 7.59. The fourth-order valence-electron chi connectivity index (χ4n) is 6.95. The van der Waals surface area contributed by atoms with Crippen LogP contribution >= 0.6 is 0 Å². The molecule has 3 aromatic heterocycles. The van der Waals surface area contributed by atoms with Crippen LogP contribution < -0.4 is 15.0 Å². The van der Waals surface area contributed by atoms with Gasteiger partial charge in [-0.1, -0.05) is 0 Å². The van der Waals surface area contributed by atoms with E-state index in [-0.39, 0.29) is 30.6 Å². The normalized spacial score (nSPS) is 23.5. The third kappa shape index (κ3) is 8.12. The molecule has 252 valence electrons. The molecule has 2 amide bonds. The van der Waals surface area contributed by atoms with Gasteiger partial charge in [0.05, 0.1) is 25.5 Å².